The largest absolute Gasteiger partial charge is 0.490 e. The molecule has 0 bridgehead atoms. The van der Waals surface area contributed by atoms with Crippen LogP contribution in [0, 0.1) is 0 Å². The molecule has 3 aromatic rings. The monoisotopic (exact) mass is 542 g/mol. The summed E-state index contributed by atoms with van der Waals surface area (Å²) in [6.45, 7) is 6.67. The van der Waals surface area contributed by atoms with Gasteiger partial charge in [0.1, 0.15) is 19.0 Å². The third-order valence-electron chi connectivity index (χ3n) is 4.51. The topological polar surface area (TPSA) is 69.2 Å². The van der Waals surface area contributed by atoms with E-state index in [1.807, 2.05) is 31.2 Å². The first-order valence-electron chi connectivity index (χ1n) is 10.5. The van der Waals surface area contributed by atoms with Gasteiger partial charge in [0.15, 0.2) is 11.5 Å². The van der Waals surface area contributed by atoms with Gasteiger partial charge < -0.3 is 14.2 Å². The first kappa shape index (κ1) is 25.3. The molecule has 0 saturated heterocycles. The SMILES string of the molecule is C=CCOc1ccc(C(=O)N/N=C/c2ccc(OCc3ccc(Br)cc3)c(Cl)c2)cc1OCC. The predicted octanol–water partition coefficient (Wildman–Crippen LogP) is 6.41. The van der Waals surface area contributed by atoms with Crippen LogP contribution in [-0.4, -0.2) is 25.3 Å². The molecule has 6 nitrogen and oxygen atoms in total. The zero-order valence-corrected chi connectivity index (χ0v) is 20.9. The van der Waals surface area contributed by atoms with Crippen LogP contribution in [0.3, 0.4) is 0 Å². The van der Waals surface area contributed by atoms with Crippen molar-refractivity contribution in [3.05, 3.63) is 99.5 Å². The highest BCUT2D eigenvalue weighted by atomic mass is 79.9. The minimum absolute atomic E-state index is 0.340. The lowest BCUT2D eigenvalue weighted by Crippen LogP contribution is -2.17. The number of carbonyl (C=O) groups excluding carboxylic acids is 1. The number of rotatable bonds is 11. The first-order chi connectivity index (χ1) is 16.5. The van der Waals surface area contributed by atoms with Crippen LogP contribution in [0.4, 0.5) is 0 Å². The Morgan fingerprint density at radius 1 is 1.03 bits per heavy atom. The fourth-order valence-electron chi connectivity index (χ4n) is 2.87. The third kappa shape index (κ3) is 7.37. The van der Waals surface area contributed by atoms with Crippen LogP contribution < -0.4 is 19.6 Å². The Morgan fingerprint density at radius 3 is 2.50 bits per heavy atom. The molecule has 3 rings (SSSR count). The number of hydrogen-bond donors (Lipinski definition) is 1. The molecule has 0 aliphatic carbocycles. The second-order valence-corrected chi connectivity index (χ2v) is 8.32. The molecular formula is C26H24BrClN2O4. The average Bonchev–Trinajstić information content (AvgIpc) is 2.84. The number of carbonyl (C=O) groups is 1. The highest BCUT2D eigenvalue weighted by Gasteiger charge is 2.11. The molecular weight excluding hydrogens is 520 g/mol. The summed E-state index contributed by atoms with van der Waals surface area (Å²) in [7, 11) is 0. The Balaban J connectivity index is 1.59. The number of nitrogens with zero attached hydrogens (tertiary/aromatic N) is 1. The van der Waals surface area contributed by atoms with Crippen LogP contribution in [0.5, 0.6) is 17.2 Å². The summed E-state index contributed by atoms with van der Waals surface area (Å²) in [6, 6.07) is 18.1. The smallest absolute Gasteiger partial charge is 0.271 e. The van der Waals surface area contributed by atoms with E-state index in [9.17, 15) is 4.79 Å². The van der Waals surface area contributed by atoms with E-state index in [0.29, 0.717) is 53.2 Å². The van der Waals surface area contributed by atoms with Crippen molar-refractivity contribution in [3.63, 3.8) is 0 Å². The van der Waals surface area contributed by atoms with Gasteiger partial charge in [-0.3, -0.25) is 4.79 Å². The Hall–Kier alpha value is -3.29. The van der Waals surface area contributed by atoms with Crippen molar-refractivity contribution in [1.29, 1.82) is 0 Å². The summed E-state index contributed by atoms with van der Waals surface area (Å²) in [5.41, 5.74) is 4.64. The second-order valence-electron chi connectivity index (χ2n) is 7.00. The quantitative estimate of drug-likeness (QED) is 0.172. The Bertz CT molecular complexity index is 1170. The van der Waals surface area contributed by atoms with E-state index in [1.165, 1.54) is 6.21 Å². The van der Waals surface area contributed by atoms with Gasteiger partial charge in [-0.2, -0.15) is 5.10 Å². The summed E-state index contributed by atoms with van der Waals surface area (Å²) in [5, 5.41) is 4.47. The summed E-state index contributed by atoms with van der Waals surface area (Å²) >= 11 is 9.75. The maximum absolute atomic E-state index is 12.5. The van der Waals surface area contributed by atoms with Gasteiger partial charge in [-0.25, -0.2) is 5.43 Å². The molecule has 3 aromatic carbocycles. The normalized spacial score (nSPS) is 10.7. The summed E-state index contributed by atoms with van der Waals surface area (Å²) in [4.78, 5) is 12.5. The first-order valence-corrected chi connectivity index (χ1v) is 11.7. The molecule has 1 amide bonds. The van der Waals surface area contributed by atoms with Crippen molar-refractivity contribution in [2.75, 3.05) is 13.2 Å². The number of benzene rings is 3. The molecule has 0 radical (unpaired) electrons. The minimum atomic E-state index is -0.381. The molecule has 0 atom stereocenters. The molecule has 34 heavy (non-hydrogen) atoms. The number of hydrazone groups is 1. The van der Waals surface area contributed by atoms with E-state index in [1.54, 1.807) is 42.5 Å². The second kappa shape index (κ2) is 12.8. The molecule has 0 fully saturated rings. The summed E-state index contributed by atoms with van der Waals surface area (Å²) < 4.78 is 17.9. The molecule has 0 aromatic heterocycles. The van der Waals surface area contributed by atoms with Gasteiger partial charge in [-0.05, 0) is 66.6 Å². The summed E-state index contributed by atoms with van der Waals surface area (Å²) in [5.74, 6) is 1.20. The summed E-state index contributed by atoms with van der Waals surface area (Å²) in [6.07, 6.45) is 3.14. The van der Waals surface area contributed by atoms with E-state index in [-0.39, 0.29) is 5.91 Å². The van der Waals surface area contributed by atoms with Crippen LogP contribution in [0.2, 0.25) is 5.02 Å². The molecule has 0 aliphatic rings. The standard InChI is InChI=1S/C26H24BrClN2O4/c1-3-13-33-24-12-8-20(15-25(24)32-4-2)26(31)30-29-16-19-7-11-23(22(28)14-19)34-17-18-5-9-21(27)10-6-18/h3,5-12,14-16H,1,4,13,17H2,2H3,(H,30,31)/b29-16+. The van der Waals surface area contributed by atoms with Crippen LogP contribution >= 0.6 is 27.5 Å². The van der Waals surface area contributed by atoms with Crippen LogP contribution in [0.25, 0.3) is 0 Å². The number of amides is 1. The van der Waals surface area contributed by atoms with Crippen molar-refractivity contribution in [2.45, 2.75) is 13.5 Å². The number of halogens is 2. The lowest BCUT2D eigenvalue weighted by Gasteiger charge is -2.12. The van der Waals surface area contributed by atoms with Gasteiger partial charge in [0.05, 0.1) is 17.8 Å². The van der Waals surface area contributed by atoms with Gasteiger partial charge in [-0.15, -0.1) is 0 Å². The lowest BCUT2D eigenvalue weighted by atomic mass is 10.2. The van der Waals surface area contributed by atoms with Crippen molar-refractivity contribution < 1.29 is 19.0 Å². The molecule has 0 saturated carbocycles. The van der Waals surface area contributed by atoms with Gasteiger partial charge in [0, 0.05) is 10.0 Å². The fourth-order valence-corrected chi connectivity index (χ4v) is 3.38. The number of hydrogen-bond acceptors (Lipinski definition) is 5. The highest BCUT2D eigenvalue weighted by Crippen LogP contribution is 2.29. The lowest BCUT2D eigenvalue weighted by molar-refractivity contribution is 0.0954. The molecule has 0 unspecified atom stereocenters. The number of ether oxygens (including phenoxy) is 3. The van der Waals surface area contributed by atoms with E-state index in [2.05, 4.69) is 33.0 Å². The van der Waals surface area contributed by atoms with E-state index < -0.39 is 0 Å². The highest BCUT2D eigenvalue weighted by molar-refractivity contribution is 9.10. The van der Waals surface area contributed by atoms with Gasteiger partial charge >= 0.3 is 0 Å². The van der Waals surface area contributed by atoms with Gasteiger partial charge in [0.2, 0.25) is 0 Å². The molecule has 8 heteroatoms. The maximum atomic E-state index is 12.5. The zero-order chi connectivity index (χ0) is 24.3. The average molecular weight is 544 g/mol. The molecule has 0 heterocycles. The van der Waals surface area contributed by atoms with E-state index >= 15 is 0 Å². The predicted molar refractivity (Wildman–Crippen MR) is 138 cm³/mol. The van der Waals surface area contributed by atoms with Crippen LogP contribution in [0.15, 0.2) is 82.9 Å². The van der Waals surface area contributed by atoms with Crippen LogP contribution in [0.1, 0.15) is 28.4 Å². The van der Waals surface area contributed by atoms with E-state index in [0.717, 1.165) is 10.0 Å². The Kier molecular flexibility index (Phi) is 9.55. The van der Waals surface area contributed by atoms with Gasteiger partial charge in [0.25, 0.3) is 5.91 Å². The Labute approximate surface area is 212 Å². The molecule has 0 spiro atoms. The van der Waals surface area contributed by atoms with Crippen molar-refractivity contribution >= 4 is 39.7 Å². The molecule has 176 valence electrons. The minimum Gasteiger partial charge on any atom is -0.490 e. The zero-order valence-electron chi connectivity index (χ0n) is 18.6. The number of nitrogens with one attached hydrogen (secondary N) is 1. The Morgan fingerprint density at radius 2 is 1.79 bits per heavy atom. The maximum Gasteiger partial charge on any atom is 0.271 e. The van der Waals surface area contributed by atoms with Crippen molar-refractivity contribution in [1.82, 2.24) is 5.43 Å². The molecule has 1 N–H and O–H groups in total. The van der Waals surface area contributed by atoms with Crippen molar-refractivity contribution in [3.8, 4) is 17.2 Å². The third-order valence-corrected chi connectivity index (χ3v) is 5.33. The van der Waals surface area contributed by atoms with Crippen LogP contribution in [-0.2, 0) is 6.61 Å². The van der Waals surface area contributed by atoms with Crippen molar-refractivity contribution in [2.24, 2.45) is 5.10 Å². The van der Waals surface area contributed by atoms with Gasteiger partial charge in [-0.1, -0.05) is 52.3 Å². The fraction of sp³-hybridized carbons (Fsp3) is 0.154. The van der Waals surface area contributed by atoms with E-state index in [4.69, 9.17) is 25.8 Å². The molecule has 0 aliphatic heterocycles.